The molecule has 2 fully saturated rings. The van der Waals surface area contributed by atoms with Crippen molar-refractivity contribution in [1.82, 2.24) is 10.2 Å². The Morgan fingerprint density at radius 2 is 1.71 bits per heavy atom. The van der Waals surface area contributed by atoms with Crippen molar-refractivity contribution in [3.05, 3.63) is 24.2 Å². The number of furan rings is 1. The predicted molar refractivity (Wildman–Crippen MR) is 115 cm³/mol. The summed E-state index contributed by atoms with van der Waals surface area (Å²) in [7, 11) is 0. The number of halogens is 1. The number of aliphatic hydroxyl groups excluding tert-OH is 7. The van der Waals surface area contributed by atoms with Crippen LogP contribution in [0.2, 0.25) is 0 Å². The Balaban J connectivity index is 1.79. The van der Waals surface area contributed by atoms with Crippen molar-refractivity contribution in [2.75, 3.05) is 25.6 Å². The number of nitrogens with zero attached hydrogens (tertiary/aromatic N) is 1. The van der Waals surface area contributed by atoms with Gasteiger partial charge in [0.2, 0.25) is 0 Å². The summed E-state index contributed by atoms with van der Waals surface area (Å²) in [6.45, 7) is -1.50. The van der Waals surface area contributed by atoms with Crippen molar-refractivity contribution in [3.63, 3.8) is 0 Å². The topological polar surface area (TPSA) is 215 Å². The number of amides is 2. The smallest absolute Gasteiger partial charge is 0.319 e. The molecule has 1 aromatic rings. The van der Waals surface area contributed by atoms with Crippen molar-refractivity contribution in [1.29, 1.82) is 0 Å². The molecule has 0 aliphatic carbocycles. The van der Waals surface area contributed by atoms with E-state index in [0.29, 0.717) is 5.76 Å². The molecule has 200 valence electrons. The highest BCUT2D eigenvalue weighted by atomic mass is 35.5. The predicted octanol–water partition coefficient (Wildman–Crippen LogP) is -3.35. The highest BCUT2D eigenvalue weighted by Crippen LogP contribution is 2.31. The second kappa shape index (κ2) is 12.6. The van der Waals surface area contributed by atoms with Crippen LogP contribution in [-0.2, 0) is 20.8 Å². The molecule has 0 saturated carbocycles. The largest absolute Gasteiger partial charge is 0.467 e. The average Bonchev–Trinajstić information content (AvgIpc) is 3.37. The molecule has 10 atom stereocenters. The van der Waals surface area contributed by atoms with Crippen molar-refractivity contribution in [2.24, 2.45) is 0 Å². The van der Waals surface area contributed by atoms with Crippen LogP contribution in [0, 0.1) is 0 Å². The van der Waals surface area contributed by atoms with E-state index in [0.717, 1.165) is 4.90 Å². The second-order valence-electron chi connectivity index (χ2n) is 8.16. The van der Waals surface area contributed by atoms with Crippen molar-refractivity contribution in [3.8, 4) is 0 Å². The molecule has 2 aliphatic rings. The number of ether oxygens (including phenoxy) is 3. The van der Waals surface area contributed by atoms with E-state index >= 15 is 0 Å². The Kier molecular flexibility index (Phi) is 10.1. The normalized spacial score (nSPS) is 37.7. The monoisotopic (exact) mass is 526 g/mol. The van der Waals surface area contributed by atoms with Gasteiger partial charge in [0.15, 0.2) is 12.5 Å². The average molecular weight is 527 g/mol. The lowest BCUT2D eigenvalue weighted by Gasteiger charge is -2.48. The summed E-state index contributed by atoms with van der Waals surface area (Å²) < 4.78 is 21.8. The van der Waals surface area contributed by atoms with Gasteiger partial charge in [-0.2, -0.15) is 0 Å². The van der Waals surface area contributed by atoms with Crippen molar-refractivity contribution < 1.29 is 59.2 Å². The minimum absolute atomic E-state index is 0.104. The minimum atomic E-state index is -1.79. The summed E-state index contributed by atoms with van der Waals surface area (Å²) in [4.78, 5) is 13.8. The first-order valence-electron chi connectivity index (χ1n) is 10.9. The fraction of sp³-hybridized carbons (Fsp3) is 0.750. The molecule has 14 nitrogen and oxygen atoms in total. The summed E-state index contributed by atoms with van der Waals surface area (Å²) in [6, 6.07) is 2.49. The second-order valence-corrected chi connectivity index (χ2v) is 8.53. The number of nitrogens with one attached hydrogen (secondary N) is 1. The zero-order valence-corrected chi connectivity index (χ0v) is 19.3. The van der Waals surface area contributed by atoms with Gasteiger partial charge in [0.1, 0.15) is 54.6 Å². The molecule has 0 radical (unpaired) electrons. The number of hydrogen-bond donors (Lipinski definition) is 8. The summed E-state index contributed by atoms with van der Waals surface area (Å²) in [5.41, 5.74) is 0. The van der Waals surface area contributed by atoms with E-state index in [9.17, 15) is 40.5 Å². The number of aliphatic hydroxyl groups is 7. The molecule has 3 heterocycles. The van der Waals surface area contributed by atoms with Crippen LogP contribution in [-0.4, -0.2) is 134 Å². The SMILES string of the molecule is O=C(NCCCl)N(Cc1ccco1)C1O[C@H](CO)[C@@H](O[C@H]2O[C@H](CO)[C@@H](O)[C@H](O)[C@H]2O)[C@H](O)[C@H]1O. The Labute approximate surface area is 205 Å². The summed E-state index contributed by atoms with van der Waals surface area (Å²) in [5, 5.41) is 73.6. The molecule has 35 heavy (non-hydrogen) atoms. The molecular formula is C20H31ClN2O12. The van der Waals surface area contributed by atoms with Crippen molar-refractivity contribution >= 4 is 17.6 Å². The lowest BCUT2D eigenvalue weighted by molar-refractivity contribution is -0.347. The van der Waals surface area contributed by atoms with E-state index in [1.165, 1.54) is 6.26 Å². The van der Waals surface area contributed by atoms with Crippen LogP contribution >= 0.6 is 11.6 Å². The molecule has 8 N–H and O–H groups in total. The highest BCUT2D eigenvalue weighted by Gasteiger charge is 2.52. The molecule has 0 bridgehead atoms. The summed E-state index contributed by atoms with van der Waals surface area (Å²) in [6.07, 6.45) is -14.5. The molecule has 0 spiro atoms. The molecular weight excluding hydrogens is 496 g/mol. The number of carbonyl (C=O) groups excluding carboxylic acids is 1. The van der Waals surface area contributed by atoms with Gasteiger partial charge in [0, 0.05) is 12.4 Å². The van der Waals surface area contributed by atoms with Gasteiger partial charge in [-0.1, -0.05) is 0 Å². The van der Waals surface area contributed by atoms with Gasteiger partial charge in [0.25, 0.3) is 0 Å². The van der Waals surface area contributed by atoms with E-state index in [2.05, 4.69) is 5.32 Å². The van der Waals surface area contributed by atoms with Crippen LogP contribution in [0.3, 0.4) is 0 Å². The summed E-state index contributed by atoms with van der Waals surface area (Å²) in [5.74, 6) is 0.460. The third-order valence-corrected chi connectivity index (χ3v) is 6.01. The summed E-state index contributed by atoms with van der Waals surface area (Å²) >= 11 is 5.64. The van der Waals surface area contributed by atoms with Gasteiger partial charge >= 0.3 is 6.03 Å². The zero-order valence-electron chi connectivity index (χ0n) is 18.5. The number of carbonyl (C=O) groups is 1. The first kappa shape index (κ1) is 28.0. The van der Waals surface area contributed by atoms with E-state index in [4.69, 9.17) is 30.2 Å². The maximum atomic E-state index is 12.8. The van der Waals surface area contributed by atoms with Crippen LogP contribution in [0.1, 0.15) is 5.76 Å². The lowest BCUT2D eigenvalue weighted by Crippen LogP contribution is -2.67. The molecule has 1 unspecified atom stereocenters. The van der Waals surface area contributed by atoms with Crippen LogP contribution in [0.25, 0.3) is 0 Å². The van der Waals surface area contributed by atoms with Gasteiger partial charge in [-0.25, -0.2) is 4.79 Å². The Morgan fingerprint density at radius 3 is 2.31 bits per heavy atom. The lowest BCUT2D eigenvalue weighted by atomic mass is 9.96. The molecule has 2 amide bonds. The highest BCUT2D eigenvalue weighted by molar-refractivity contribution is 6.18. The minimum Gasteiger partial charge on any atom is -0.467 e. The molecule has 0 aromatic carbocycles. The Morgan fingerprint density at radius 1 is 1.00 bits per heavy atom. The maximum Gasteiger partial charge on any atom is 0.319 e. The van der Waals surface area contributed by atoms with Crippen LogP contribution in [0.5, 0.6) is 0 Å². The number of urea groups is 1. The molecule has 2 aliphatic heterocycles. The van der Waals surface area contributed by atoms with Gasteiger partial charge < -0.3 is 59.7 Å². The standard InChI is InChI=1S/C20H31ClN2O12/c21-3-4-22-20(31)23(6-9-2-1-5-32-9)18-15(29)14(28)17(11(8-25)33-18)35-19-16(30)13(27)12(26)10(7-24)34-19/h1-2,5,10-19,24-30H,3-4,6-8H2,(H,22,31)/t10-,11-,12-,13+,14-,15-,16-,17-,18?,19-/m1/s1. The molecule has 2 saturated heterocycles. The molecule has 15 heteroatoms. The van der Waals surface area contributed by atoms with E-state index in [1.54, 1.807) is 12.1 Å². The van der Waals surface area contributed by atoms with E-state index in [-0.39, 0.29) is 19.0 Å². The Bertz CT molecular complexity index is 784. The maximum absolute atomic E-state index is 12.8. The molecule has 3 rings (SSSR count). The zero-order chi connectivity index (χ0) is 25.7. The first-order chi connectivity index (χ1) is 16.7. The van der Waals surface area contributed by atoms with Gasteiger partial charge in [-0.3, -0.25) is 4.90 Å². The van der Waals surface area contributed by atoms with Crippen LogP contribution in [0.4, 0.5) is 4.79 Å². The third-order valence-electron chi connectivity index (χ3n) is 5.82. The fourth-order valence-electron chi connectivity index (χ4n) is 3.93. The fourth-order valence-corrected chi connectivity index (χ4v) is 4.03. The number of rotatable bonds is 9. The third kappa shape index (κ3) is 6.23. The number of hydrogen-bond acceptors (Lipinski definition) is 12. The quantitative estimate of drug-likeness (QED) is 0.148. The number of alkyl halides is 1. The van der Waals surface area contributed by atoms with Gasteiger partial charge in [-0.15, -0.1) is 11.6 Å². The van der Waals surface area contributed by atoms with Crippen LogP contribution in [0.15, 0.2) is 22.8 Å². The Hall–Kier alpha value is -1.56. The van der Waals surface area contributed by atoms with Crippen LogP contribution < -0.4 is 5.32 Å². The van der Waals surface area contributed by atoms with Gasteiger partial charge in [-0.05, 0) is 12.1 Å². The molecule has 1 aromatic heterocycles. The van der Waals surface area contributed by atoms with E-state index in [1.807, 2.05) is 0 Å². The van der Waals surface area contributed by atoms with E-state index < -0.39 is 80.6 Å². The first-order valence-corrected chi connectivity index (χ1v) is 11.5. The van der Waals surface area contributed by atoms with Crippen molar-refractivity contribution in [2.45, 2.75) is 67.9 Å². The van der Waals surface area contributed by atoms with Gasteiger partial charge in [0.05, 0.1) is 26.0 Å².